The van der Waals surface area contributed by atoms with Gasteiger partial charge in [0.2, 0.25) is 35.4 Å². The van der Waals surface area contributed by atoms with E-state index in [4.69, 9.17) is 9.47 Å². The summed E-state index contributed by atoms with van der Waals surface area (Å²) in [6.07, 6.45) is 2.28. The largest absolute Gasteiger partial charge is 0.374 e. The van der Waals surface area contributed by atoms with Crippen LogP contribution in [0.3, 0.4) is 0 Å². The monoisotopic (exact) mass is 1080 g/mol. The van der Waals surface area contributed by atoms with Gasteiger partial charge in [0, 0.05) is 0 Å². The number of benzene rings is 4. The van der Waals surface area contributed by atoms with Crippen LogP contribution in [0.5, 0.6) is 0 Å². The van der Waals surface area contributed by atoms with Crippen molar-refractivity contribution in [3.63, 3.8) is 0 Å². The lowest BCUT2D eigenvalue weighted by molar-refractivity contribution is -0.144. The van der Waals surface area contributed by atoms with Crippen LogP contribution in [0.25, 0.3) is 10.8 Å². The van der Waals surface area contributed by atoms with Gasteiger partial charge in [-0.25, -0.2) is 0 Å². The third kappa shape index (κ3) is 13.1. The SMILES string of the molecule is CN[C@@H](C)C(=O)N[C@H]1CCS[C@H]2CC(C)(C)[C@@H](C(=O)N[C@H](COCc3ccc4cc(COC[C@@H](NC(=O)[C@H]5N6C(=O)[C@@H](NC(=O)[C@H](C)NC)CCS[C@H]6CC5(C)C)c5ccccc5)ccc4c3)c3ccccc3)N2C1=O. The number of thioether (sulfide) groups is 2. The maximum atomic E-state index is 14.5. The van der Waals surface area contributed by atoms with Crippen LogP contribution < -0.4 is 31.9 Å². The van der Waals surface area contributed by atoms with E-state index in [-0.39, 0.29) is 59.4 Å². The number of nitrogens with zero attached hydrogens (tertiary/aromatic N) is 2. The third-order valence-corrected chi connectivity index (χ3v) is 18.0. The van der Waals surface area contributed by atoms with Crippen molar-refractivity contribution in [2.45, 2.75) is 140 Å². The van der Waals surface area contributed by atoms with Crippen LogP contribution in [0, 0.1) is 10.8 Å². The lowest BCUT2D eigenvalue weighted by atomic mass is 9.83. The van der Waals surface area contributed by atoms with E-state index in [0.29, 0.717) is 50.4 Å². The number of hydrogen-bond acceptors (Lipinski definition) is 12. The second-order valence-electron chi connectivity index (χ2n) is 22.0. The Balaban J connectivity index is 0.892. The van der Waals surface area contributed by atoms with Crippen LogP contribution >= 0.6 is 23.5 Å². The first kappa shape index (κ1) is 56.7. The number of hydrogen-bond donors (Lipinski definition) is 6. The Kier molecular flexibility index (Phi) is 18.6. The molecule has 0 radical (unpaired) electrons. The van der Waals surface area contributed by atoms with Crippen molar-refractivity contribution in [1.82, 2.24) is 41.7 Å². The number of carbonyl (C=O) groups excluding carboxylic acids is 6. The molecule has 18 heteroatoms. The van der Waals surface area contributed by atoms with Crippen LogP contribution in [-0.2, 0) is 51.5 Å². The summed E-state index contributed by atoms with van der Waals surface area (Å²) in [5, 5.41) is 20.0. The molecule has 4 fully saturated rings. The minimum Gasteiger partial charge on any atom is -0.374 e. The van der Waals surface area contributed by atoms with Crippen molar-refractivity contribution < 1.29 is 38.2 Å². The summed E-state index contributed by atoms with van der Waals surface area (Å²) in [5.41, 5.74) is 2.65. The molecule has 0 unspecified atom stereocenters. The van der Waals surface area contributed by atoms with E-state index >= 15 is 0 Å². The normalized spacial score (nSPS) is 24.5. The Morgan fingerprint density at radius 2 is 0.974 bits per heavy atom. The number of likely N-dealkylation sites (N-methyl/N-ethyl adjacent to an activating group) is 2. The van der Waals surface area contributed by atoms with E-state index < -0.39 is 59.2 Å². The maximum Gasteiger partial charge on any atom is 0.246 e. The first-order valence-corrected chi connectivity index (χ1v) is 28.7. The standard InChI is InChI=1S/C58H76N8O8S2/c1-35(59-7)51(67)61-43-23-25-75-47-29-57(3,4)49(65(47)55(43)71)53(69)63-45(39-15-11-9-12-16-39)33-73-31-37-19-21-42-28-38(20-22-41(42)27-37)32-74-34-46(40-17-13-10-14-18-40)64-54(70)50-58(5,6)30-48-66(50)56(72)44(24-26-76-48)62-52(68)36(2)60-8/h9-22,27-28,35-36,43-50,59-60H,23-26,29-34H2,1-8H3,(H,61,67)(H,62,68)(H,63,69)(H,64,70)/t35-,36-,43-,44-,45+,46+,47-,48-,49+,50+/m0/s1. The highest BCUT2D eigenvalue weighted by atomic mass is 32.2. The number of nitrogens with one attached hydrogen (secondary N) is 6. The van der Waals surface area contributed by atoms with Gasteiger partial charge in [-0.3, -0.25) is 28.8 Å². The van der Waals surface area contributed by atoms with E-state index in [1.165, 1.54) is 0 Å². The quantitative estimate of drug-likeness (QED) is 0.0609. The van der Waals surface area contributed by atoms with Gasteiger partial charge in [-0.2, -0.15) is 0 Å². The van der Waals surface area contributed by atoms with E-state index in [1.807, 2.05) is 100 Å². The highest BCUT2D eigenvalue weighted by Crippen LogP contribution is 2.48. The lowest BCUT2D eigenvalue weighted by Gasteiger charge is -2.35. The molecule has 76 heavy (non-hydrogen) atoms. The molecule has 0 bridgehead atoms. The third-order valence-electron chi connectivity index (χ3n) is 15.5. The molecule has 10 atom stereocenters. The van der Waals surface area contributed by atoms with E-state index in [1.54, 1.807) is 61.3 Å². The average Bonchev–Trinajstić information content (AvgIpc) is 3.76. The maximum absolute atomic E-state index is 14.5. The zero-order valence-electron chi connectivity index (χ0n) is 45.1. The summed E-state index contributed by atoms with van der Waals surface area (Å²) in [5.74, 6) is -0.101. The molecule has 6 N–H and O–H groups in total. The summed E-state index contributed by atoms with van der Waals surface area (Å²) >= 11 is 3.33. The molecule has 408 valence electrons. The van der Waals surface area contributed by atoms with Crippen molar-refractivity contribution in [2.24, 2.45) is 10.8 Å². The molecule has 4 heterocycles. The predicted molar refractivity (Wildman–Crippen MR) is 299 cm³/mol. The fourth-order valence-corrected chi connectivity index (χ4v) is 14.1. The minimum absolute atomic E-state index is 0.181. The fraction of sp³-hybridized carbons (Fsp3) is 0.517. The molecule has 4 aliphatic heterocycles. The van der Waals surface area contributed by atoms with Crippen LogP contribution in [0.4, 0.5) is 0 Å². The number of rotatable bonds is 20. The summed E-state index contributed by atoms with van der Waals surface area (Å²) in [6.45, 7) is 12.6. The van der Waals surface area contributed by atoms with Gasteiger partial charge in [-0.15, -0.1) is 23.5 Å². The summed E-state index contributed by atoms with van der Waals surface area (Å²) in [4.78, 5) is 86.7. The van der Waals surface area contributed by atoms with Crippen molar-refractivity contribution in [3.05, 3.63) is 119 Å². The lowest BCUT2D eigenvalue weighted by Crippen LogP contribution is -2.58. The summed E-state index contributed by atoms with van der Waals surface area (Å²) in [6, 6.07) is 26.9. The van der Waals surface area contributed by atoms with Crippen molar-refractivity contribution in [1.29, 1.82) is 0 Å². The number of amides is 6. The van der Waals surface area contributed by atoms with Gasteiger partial charge in [0.1, 0.15) is 24.2 Å². The van der Waals surface area contributed by atoms with Crippen LogP contribution in [-0.4, -0.2) is 131 Å². The highest BCUT2D eigenvalue weighted by molar-refractivity contribution is 8.00. The second kappa shape index (κ2) is 24.9. The summed E-state index contributed by atoms with van der Waals surface area (Å²) in [7, 11) is 3.40. The smallest absolute Gasteiger partial charge is 0.246 e. The molecule has 8 rings (SSSR count). The van der Waals surface area contributed by atoms with Crippen molar-refractivity contribution in [3.8, 4) is 0 Å². The van der Waals surface area contributed by atoms with Gasteiger partial charge in [0.25, 0.3) is 0 Å². The molecular formula is C58H76N8O8S2. The van der Waals surface area contributed by atoms with Crippen LogP contribution in [0.1, 0.15) is 102 Å². The Bertz CT molecular complexity index is 2530. The molecule has 0 aromatic heterocycles. The molecule has 0 spiro atoms. The van der Waals surface area contributed by atoms with Gasteiger partial charge in [-0.05, 0) is 121 Å². The molecule has 6 amide bonds. The van der Waals surface area contributed by atoms with Crippen LogP contribution in [0.2, 0.25) is 0 Å². The van der Waals surface area contributed by atoms with E-state index in [2.05, 4.69) is 56.2 Å². The molecule has 4 saturated heterocycles. The number of carbonyl (C=O) groups is 6. The van der Waals surface area contributed by atoms with E-state index in [9.17, 15) is 28.8 Å². The van der Waals surface area contributed by atoms with Gasteiger partial charge in [0.15, 0.2) is 0 Å². The molecule has 0 saturated carbocycles. The molecular weight excluding hydrogens is 1000 g/mol. The first-order chi connectivity index (χ1) is 36.4. The average molecular weight is 1080 g/mol. The molecule has 4 aliphatic rings. The molecule has 4 aromatic carbocycles. The molecule has 16 nitrogen and oxygen atoms in total. The Labute approximate surface area is 456 Å². The van der Waals surface area contributed by atoms with Crippen LogP contribution in [0.15, 0.2) is 97.1 Å². The Morgan fingerprint density at radius 3 is 1.34 bits per heavy atom. The molecule has 4 aromatic rings. The van der Waals surface area contributed by atoms with Gasteiger partial charge >= 0.3 is 0 Å². The fourth-order valence-electron chi connectivity index (χ4n) is 11.0. The van der Waals surface area contributed by atoms with Crippen molar-refractivity contribution in [2.75, 3.05) is 38.8 Å². The topological polar surface area (TPSA) is 200 Å². The summed E-state index contributed by atoms with van der Waals surface area (Å²) < 4.78 is 12.8. The van der Waals surface area contributed by atoms with Gasteiger partial charge in [0.05, 0.1) is 61.3 Å². The first-order valence-electron chi connectivity index (χ1n) is 26.6. The Morgan fingerprint density at radius 1 is 0.592 bits per heavy atom. The zero-order valence-corrected chi connectivity index (χ0v) is 46.7. The second-order valence-corrected chi connectivity index (χ2v) is 24.6. The predicted octanol–water partition coefficient (Wildman–Crippen LogP) is 5.95. The zero-order chi connectivity index (χ0) is 54.3. The number of fused-ring (bicyclic) bond motifs is 3. The molecule has 0 aliphatic carbocycles. The van der Waals surface area contributed by atoms with Gasteiger partial charge in [-0.1, -0.05) is 113 Å². The van der Waals surface area contributed by atoms with E-state index in [0.717, 1.165) is 33.0 Å². The minimum atomic E-state index is -0.746. The Hall–Kier alpha value is -5.50. The number of ether oxygens (including phenoxy) is 2. The van der Waals surface area contributed by atoms with Crippen molar-refractivity contribution >= 4 is 69.7 Å². The highest BCUT2D eigenvalue weighted by Gasteiger charge is 2.56. The van der Waals surface area contributed by atoms with Gasteiger partial charge < -0.3 is 51.2 Å².